The van der Waals surface area contributed by atoms with Gasteiger partial charge in [0, 0.05) is 23.9 Å². The highest BCUT2D eigenvalue weighted by Crippen LogP contribution is 2.54. The lowest BCUT2D eigenvalue weighted by atomic mass is 9.83. The number of amides is 3. The number of rotatable bonds is 5. The van der Waals surface area contributed by atoms with E-state index in [9.17, 15) is 32.3 Å². The molecule has 3 amide bonds. The summed E-state index contributed by atoms with van der Waals surface area (Å²) in [5.74, 6) is -3.23. The van der Waals surface area contributed by atoms with Gasteiger partial charge in [-0.15, -0.1) is 0 Å². The van der Waals surface area contributed by atoms with Gasteiger partial charge in [-0.1, -0.05) is 47.4 Å². The molecular formula is C28H24F3N3O6S2. The third-order valence-electron chi connectivity index (χ3n) is 7.63. The molecule has 3 aliphatic heterocycles. The average Bonchev–Trinajstić information content (AvgIpc) is 3.43. The molecule has 42 heavy (non-hydrogen) atoms. The third-order valence-corrected chi connectivity index (χ3v) is 10.2. The van der Waals surface area contributed by atoms with Gasteiger partial charge in [0.05, 0.1) is 42.5 Å². The number of methoxy groups -OCH3 is 1. The molecule has 0 saturated carbocycles. The van der Waals surface area contributed by atoms with Crippen LogP contribution in [-0.4, -0.2) is 65.9 Å². The zero-order chi connectivity index (χ0) is 29.8. The summed E-state index contributed by atoms with van der Waals surface area (Å²) >= 11 is 1.83. The van der Waals surface area contributed by atoms with Crippen LogP contribution in [0.25, 0.3) is 0 Å². The summed E-state index contributed by atoms with van der Waals surface area (Å²) in [6.45, 7) is 1.26. The predicted octanol–water partition coefficient (Wildman–Crippen LogP) is 3.59. The van der Waals surface area contributed by atoms with Crippen LogP contribution in [0.4, 0.5) is 18.9 Å². The second kappa shape index (κ2) is 10.9. The monoisotopic (exact) mass is 619 g/mol. The number of halogens is 3. The number of thiazole rings is 1. The summed E-state index contributed by atoms with van der Waals surface area (Å²) in [4.78, 5) is 56.4. The number of anilines is 1. The van der Waals surface area contributed by atoms with Crippen molar-refractivity contribution in [3.63, 3.8) is 0 Å². The second-order valence-electron chi connectivity index (χ2n) is 9.96. The molecule has 0 spiro atoms. The van der Waals surface area contributed by atoms with E-state index in [4.69, 9.17) is 9.47 Å². The number of imide groups is 1. The quantitative estimate of drug-likeness (QED) is 0.403. The van der Waals surface area contributed by atoms with Crippen LogP contribution in [0.1, 0.15) is 21.9 Å². The lowest BCUT2D eigenvalue weighted by Crippen LogP contribution is -2.43. The molecule has 0 radical (unpaired) electrons. The van der Waals surface area contributed by atoms with Crippen LogP contribution < -0.4 is 14.5 Å². The molecule has 0 unspecified atom stereocenters. The number of hydrogen-bond acceptors (Lipinski definition) is 8. The molecule has 1 aromatic heterocycles. The van der Waals surface area contributed by atoms with E-state index in [-0.39, 0.29) is 12.5 Å². The Morgan fingerprint density at radius 2 is 1.71 bits per heavy atom. The number of fused-ring (bicyclic) bond motifs is 2. The summed E-state index contributed by atoms with van der Waals surface area (Å²) in [7, 11) is 1.49. The average molecular weight is 620 g/mol. The minimum atomic E-state index is -4.80. The molecule has 4 heterocycles. The highest BCUT2D eigenvalue weighted by molar-refractivity contribution is 8.00. The van der Waals surface area contributed by atoms with E-state index in [0.29, 0.717) is 52.4 Å². The first-order valence-electron chi connectivity index (χ1n) is 13.0. The van der Waals surface area contributed by atoms with Crippen molar-refractivity contribution in [1.82, 2.24) is 9.47 Å². The summed E-state index contributed by atoms with van der Waals surface area (Å²) in [6.07, 6.45) is -4.80. The second-order valence-corrected chi connectivity index (χ2v) is 12.1. The Labute approximate surface area is 245 Å². The van der Waals surface area contributed by atoms with Crippen LogP contribution in [0, 0.1) is 5.92 Å². The maximum absolute atomic E-state index is 14.0. The largest absolute Gasteiger partial charge is 0.497 e. The molecule has 3 aliphatic rings. The first-order valence-corrected chi connectivity index (χ1v) is 14.7. The lowest BCUT2D eigenvalue weighted by Gasteiger charge is -2.31. The lowest BCUT2D eigenvalue weighted by molar-refractivity contribution is -0.137. The van der Waals surface area contributed by atoms with Gasteiger partial charge in [-0.3, -0.25) is 23.7 Å². The summed E-state index contributed by atoms with van der Waals surface area (Å²) in [5, 5.41) is -0.752. The van der Waals surface area contributed by atoms with Crippen molar-refractivity contribution in [2.24, 2.45) is 5.92 Å². The van der Waals surface area contributed by atoms with Crippen LogP contribution in [0.2, 0.25) is 0 Å². The highest BCUT2D eigenvalue weighted by Gasteiger charge is 2.57. The Hall–Kier alpha value is -3.62. The van der Waals surface area contributed by atoms with E-state index < -0.39 is 51.2 Å². The fourth-order valence-corrected chi connectivity index (χ4v) is 8.39. The van der Waals surface area contributed by atoms with Crippen LogP contribution in [0.5, 0.6) is 5.75 Å². The molecule has 2 saturated heterocycles. The predicted molar refractivity (Wildman–Crippen MR) is 148 cm³/mol. The van der Waals surface area contributed by atoms with Crippen molar-refractivity contribution in [1.29, 1.82) is 0 Å². The van der Waals surface area contributed by atoms with E-state index in [0.717, 1.165) is 35.2 Å². The summed E-state index contributed by atoms with van der Waals surface area (Å²) in [5.41, 5.74) is -1.04. The summed E-state index contributed by atoms with van der Waals surface area (Å²) in [6, 6.07) is 11.2. The van der Waals surface area contributed by atoms with Gasteiger partial charge in [-0.25, -0.2) is 4.90 Å². The Kier molecular flexibility index (Phi) is 7.39. The van der Waals surface area contributed by atoms with E-state index in [1.165, 1.54) is 23.8 Å². The molecule has 14 heteroatoms. The molecule has 220 valence electrons. The molecule has 0 bridgehead atoms. The van der Waals surface area contributed by atoms with Crippen LogP contribution in [-0.2, 0) is 31.8 Å². The van der Waals surface area contributed by atoms with E-state index >= 15 is 0 Å². The number of morpholine rings is 1. The number of carbonyl (C=O) groups is 3. The molecular weight excluding hydrogens is 595 g/mol. The molecule has 2 aromatic carbocycles. The van der Waals surface area contributed by atoms with Gasteiger partial charge in [-0.2, -0.15) is 13.2 Å². The number of para-hydroxylation sites is 1. The van der Waals surface area contributed by atoms with E-state index in [1.807, 2.05) is 0 Å². The fraction of sp³-hybridized carbons (Fsp3) is 0.357. The summed E-state index contributed by atoms with van der Waals surface area (Å²) < 4.78 is 53.7. The van der Waals surface area contributed by atoms with Gasteiger partial charge < -0.3 is 14.4 Å². The number of thioether (sulfide) groups is 1. The maximum Gasteiger partial charge on any atom is 0.418 e. The molecule has 3 atom stereocenters. The first-order chi connectivity index (χ1) is 20.1. The Bertz CT molecular complexity index is 1610. The minimum Gasteiger partial charge on any atom is -0.497 e. The number of alkyl halides is 3. The Balaban J connectivity index is 1.45. The standard InChI is InChI=1S/C28H24F3N3O6S2/c1-39-16-8-6-15(7-9-16)20-21-22(25(37)34(24(21)36)18-5-3-2-4-17(18)28(29,30)31)41-26-23(20)42-27(38)33(26)14-19(35)32-10-12-40-13-11-32/h2-9,20-22H,10-14H2,1H3/t20-,21-,22+/m0/s1. The van der Waals surface area contributed by atoms with Crippen molar-refractivity contribution in [3.8, 4) is 5.75 Å². The number of ether oxygens (including phenoxy) is 2. The van der Waals surface area contributed by atoms with Gasteiger partial charge in [0.2, 0.25) is 17.7 Å². The topological polar surface area (TPSA) is 98.2 Å². The SMILES string of the molecule is COc1ccc([C@@H]2c3sc(=O)n(CC(=O)N4CCOCC4)c3S[C@H]3C(=O)N(c4ccccc4C(F)(F)F)C(=O)[C@@H]23)cc1. The van der Waals surface area contributed by atoms with Crippen molar-refractivity contribution in [2.75, 3.05) is 38.3 Å². The first kappa shape index (κ1) is 28.5. The minimum absolute atomic E-state index is 0.271. The number of nitrogens with zero attached hydrogens (tertiary/aromatic N) is 3. The Morgan fingerprint density at radius 3 is 2.38 bits per heavy atom. The van der Waals surface area contributed by atoms with Crippen LogP contribution in [0.3, 0.4) is 0 Å². The van der Waals surface area contributed by atoms with Gasteiger partial charge in [0.1, 0.15) is 17.5 Å². The van der Waals surface area contributed by atoms with E-state index in [2.05, 4.69) is 0 Å². The number of hydrogen-bond donors (Lipinski definition) is 0. The molecule has 0 aliphatic carbocycles. The normalized spacial score (nSPS) is 22.2. The van der Waals surface area contributed by atoms with Gasteiger partial charge in [0.25, 0.3) is 0 Å². The van der Waals surface area contributed by atoms with Crippen molar-refractivity contribution in [3.05, 3.63) is 74.2 Å². The Morgan fingerprint density at radius 1 is 1.02 bits per heavy atom. The molecule has 3 aromatic rings. The number of aromatic nitrogens is 1. The molecule has 0 N–H and O–H groups in total. The van der Waals surface area contributed by atoms with Gasteiger partial charge >= 0.3 is 11.0 Å². The maximum atomic E-state index is 14.0. The molecule has 2 fully saturated rings. The van der Waals surface area contributed by atoms with Crippen molar-refractivity contribution in [2.45, 2.75) is 28.9 Å². The molecule has 9 nitrogen and oxygen atoms in total. The number of benzene rings is 2. The highest BCUT2D eigenvalue weighted by atomic mass is 32.2. The van der Waals surface area contributed by atoms with Gasteiger partial charge in [0.15, 0.2) is 0 Å². The zero-order valence-electron chi connectivity index (χ0n) is 22.1. The number of carbonyl (C=O) groups excluding carboxylic acids is 3. The van der Waals surface area contributed by atoms with Gasteiger partial charge in [-0.05, 0) is 29.8 Å². The third kappa shape index (κ3) is 4.80. The smallest absolute Gasteiger partial charge is 0.418 e. The van der Waals surface area contributed by atoms with Crippen molar-refractivity contribution < 1.29 is 37.0 Å². The van der Waals surface area contributed by atoms with Crippen LogP contribution in [0.15, 0.2) is 58.4 Å². The van der Waals surface area contributed by atoms with Crippen LogP contribution >= 0.6 is 23.1 Å². The zero-order valence-corrected chi connectivity index (χ0v) is 23.8. The fourth-order valence-electron chi connectivity index (χ4n) is 5.62. The van der Waals surface area contributed by atoms with Crippen molar-refractivity contribution >= 4 is 46.5 Å². The molecule has 6 rings (SSSR count). The van der Waals surface area contributed by atoms with E-state index in [1.54, 1.807) is 29.2 Å².